The molecule has 1 amide bonds. The highest BCUT2D eigenvalue weighted by Crippen LogP contribution is 2.47. The Morgan fingerprint density at radius 1 is 1.23 bits per heavy atom. The summed E-state index contributed by atoms with van der Waals surface area (Å²) in [6.45, 7) is 6.25. The number of amides is 1. The third kappa shape index (κ3) is 4.55. The number of nitrogens with one attached hydrogen (secondary N) is 2. The van der Waals surface area contributed by atoms with Crippen LogP contribution >= 0.6 is 0 Å². The molecule has 2 N–H and O–H groups in total. The third-order valence-corrected chi connectivity index (χ3v) is 7.31. The van der Waals surface area contributed by atoms with E-state index in [4.69, 9.17) is 4.74 Å². The van der Waals surface area contributed by atoms with Gasteiger partial charge in [-0.2, -0.15) is 13.2 Å². The van der Waals surface area contributed by atoms with Crippen LogP contribution in [0.15, 0.2) is 18.2 Å². The van der Waals surface area contributed by atoms with E-state index < -0.39 is 17.2 Å². The van der Waals surface area contributed by atoms with Crippen molar-refractivity contribution in [2.75, 3.05) is 25.2 Å². The molecule has 0 radical (unpaired) electrons. The molecule has 0 bridgehead atoms. The molecule has 1 saturated carbocycles. The molecule has 3 aliphatic rings. The van der Waals surface area contributed by atoms with E-state index in [1.807, 2.05) is 0 Å². The summed E-state index contributed by atoms with van der Waals surface area (Å²) < 4.78 is 44.9. The number of benzene rings is 1. The van der Waals surface area contributed by atoms with E-state index in [1.165, 1.54) is 6.07 Å². The largest absolute Gasteiger partial charge is 0.416 e. The van der Waals surface area contributed by atoms with Crippen LogP contribution in [0.1, 0.15) is 57.1 Å². The minimum atomic E-state index is -4.39. The van der Waals surface area contributed by atoms with Gasteiger partial charge >= 0.3 is 6.18 Å². The van der Waals surface area contributed by atoms with Crippen molar-refractivity contribution in [2.45, 2.75) is 70.8 Å². The molecular weight excluding hydrogens is 407 g/mol. The number of nitrogens with zero attached hydrogens (tertiary/aromatic N) is 1. The highest BCUT2D eigenvalue weighted by Gasteiger charge is 2.49. The maximum absolute atomic E-state index is 13.7. The number of alkyl halides is 3. The molecule has 1 saturated heterocycles. The van der Waals surface area contributed by atoms with E-state index in [0.29, 0.717) is 24.0 Å². The van der Waals surface area contributed by atoms with Crippen LogP contribution in [0.5, 0.6) is 0 Å². The van der Waals surface area contributed by atoms with Crippen molar-refractivity contribution in [2.24, 2.45) is 11.3 Å². The zero-order chi connectivity index (χ0) is 22.2. The molecule has 1 aliphatic carbocycles. The van der Waals surface area contributed by atoms with Crippen LogP contribution in [0.4, 0.5) is 18.9 Å². The van der Waals surface area contributed by atoms with E-state index in [0.717, 1.165) is 57.5 Å². The second-order valence-corrected chi connectivity index (χ2v) is 9.51. The van der Waals surface area contributed by atoms with Crippen LogP contribution in [-0.2, 0) is 22.3 Å². The molecular formula is C23H32F3N3O2. The van der Waals surface area contributed by atoms with Crippen LogP contribution in [0.2, 0.25) is 0 Å². The first-order valence-corrected chi connectivity index (χ1v) is 11.3. The molecule has 172 valence electrons. The summed E-state index contributed by atoms with van der Waals surface area (Å²) in [5.41, 5.74) is 0.0239. The lowest BCUT2D eigenvalue weighted by molar-refractivity contribution is -0.145. The molecule has 1 aromatic carbocycles. The summed E-state index contributed by atoms with van der Waals surface area (Å²) in [6.07, 6.45) is 0.108. The molecule has 2 atom stereocenters. The standard InChI is InChI=1S/C23H32F3N3O2/c1-15(2)22(8-5-19(12-22)28-18-6-9-31-10-7-18)21(30)29-13-16-11-17(23(24,25)26)3-4-20(16)27-14-29/h3-4,11,15,18-19,27-28H,5-10,12-14H2,1-2H3/t19-,22+/m1/s1. The lowest BCUT2D eigenvalue weighted by Gasteiger charge is -2.40. The van der Waals surface area contributed by atoms with Gasteiger partial charge in [0, 0.05) is 37.5 Å². The number of carbonyl (C=O) groups is 1. The molecule has 5 nitrogen and oxygen atoms in total. The Morgan fingerprint density at radius 3 is 2.65 bits per heavy atom. The molecule has 2 aliphatic heterocycles. The smallest absolute Gasteiger partial charge is 0.381 e. The predicted octanol–water partition coefficient (Wildman–Crippen LogP) is 4.38. The fourth-order valence-corrected chi connectivity index (χ4v) is 5.35. The average Bonchev–Trinajstić information content (AvgIpc) is 3.17. The van der Waals surface area contributed by atoms with Crippen LogP contribution in [0, 0.1) is 11.3 Å². The zero-order valence-corrected chi connectivity index (χ0v) is 18.2. The van der Waals surface area contributed by atoms with E-state index in [9.17, 15) is 18.0 Å². The van der Waals surface area contributed by atoms with Crippen LogP contribution in [0.25, 0.3) is 0 Å². The summed E-state index contributed by atoms with van der Waals surface area (Å²) in [5, 5.41) is 6.87. The van der Waals surface area contributed by atoms with Crippen molar-refractivity contribution >= 4 is 11.6 Å². The van der Waals surface area contributed by atoms with Crippen LogP contribution in [-0.4, -0.2) is 42.8 Å². The van der Waals surface area contributed by atoms with Crippen molar-refractivity contribution < 1.29 is 22.7 Å². The molecule has 31 heavy (non-hydrogen) atoms. The number of fused-ring (bicyclic) bond motifs is 1. The Labute approximate surface area is 181 Å². The Balaban J connectivity index is 1.48. The summed E-state index contributed by atoms with van der Waals surface area (Å²) in [7, 11) is 0. The van der Waals surface area contributed by atoms with Gasteiger partial charge in [-0.1, -0.05) is 13.8 Å². The normalized spacial score (nSPS) is 27.3. The van der Waals surface area contributed by atoms with Gasteiger partial charge in [-0.25, -0.2) is 0 Å². The minimum absolute atomic E-state index is 0.0503. The van der Waals surface area contributed by atoms with Crippen LogP contribution < -0.4 is 10.6 Å². The number of hydrogen-bond acceptors (Lipinski definition) is 4. The second-order valence-electron chi connectivity index (χ2n) is 9.51. The average molecular weight is 440 g/mol. The van der Waals surface area contributed by atoms with Crippen LogP contribution in [0.3, 0.4) is 0 Å². The molecule has 2 fully saturated rings. The zero-order valence-electron chi connectivity index (χ0n) is 18.2. The van der Waals surface area contributed by atoms with Gasteiger partial charge in [0.2, 0.25) is 5.91 Å². The summed E-state index contributed by atoms with van der Waals surface area (Å²) in [4.78, 5) is 15.4. The van der Waals surface area contributed by atoms with E-state index in [-0.39, 0.29) is 24.4 Å². The number of hydrogen-bond donors (Lipinski definition) is 2. The topological polar surface area (TPSA) is 53.6 Å². The highest BCUT2D eigenvalue weighted by molar-refractivity contribution is 5.84. The fourth-order valence-electron chi connectivity index (χ4n) is 5.35. The molecule has 8 heteroatoms. The molecule has 2 heterocycles. The minimum Gasteiger partial charge on any atom is -0.381 e. The van der Waals surface area contributed by atoms with Gasteiger partial charge in [0.15, 0.2) is 0 Å². The molecule has 1 aromatic rings. The monoisotopic (exact) mass is 439 g/mol. The van der Waals surface area contributed by atoms with Crippen molar-refractivity contribution in [1.29, 1.82) is 0 Å². The predicted molar refractivity (Wildman–Crippen MR) is 112 cm³/mol. The number of rotatable bonds is 4. The van der Waals surface area contributed by atoms with E-state index >= 15 is 0 Å². The highest BCUT2D eigenvalue weighted by atomic mass is 19.4. The SMILES string of the molecule is CC(C)[C@]1(C(=O)N2CNc3ccc(C(F)(F)F)cc3C2)CC[C@@H](NC2CCOCC2)C1. The Hall–Kier alpha value is -1.80. The molecule has 0 aromatic heterocycles. The summed E-state index contributed by atoms with van der Waals surface area (Å²) in [6, 6.07) is 4.43. The van der Waals surface area contributed by atoms with Crippen molar-refractivity contribution in [1.82, 2.24) is 10.2 Å². The molecule has 4 rings (SSSR count). The summed E-state index contributed by atoms with van der Waals surface area (Å²) in [5.74, 6) is 0.207. The lowest BCUT2D eigenvalue weighted by atomic mass is 9.74. The van der Waals surface area contributed by atoms with Crippen molar-refractivity contribution in [3.63, 3.8) is 0 Å². The van der Waals surface area contributed by atoms with Crippen molar-refractivity contribution in [3.05, 3.63) is 29.3 Å². The first-order valence-electron chi connectivity index (χ1n) is 11.3. The Morgan fingerprint density at radius 2 is 1.97 bits per heavy atom. The number of halogens is 3. The van der Waals surface area contributed by atoms with E-state index in [2.05, 4.69) is 24.5 Å². The summed E-state index contributed by atoms with van der Waals surface area (Å²) >= 11 is 0. The second kappa shape index (κ2) is 8.62. The fraction of sp³-hybridized carbons (Fsp3) is 0.696. The van der Waals surface area contributed by atoms with Gasteiger partial charge in [0.05, 0.1) is 17.6 Å². The van der Waals surface area contributed by atoms with Gasteiger partial charge in [-0.15, -0.1) is 0 Å². The van der Waals surface area contributed by atoms with E-state index in [1.54, 1.807) is 4.90 Å². The van der Waals surface area contributed by atoms with Gasteiger partial charge in [-0.05, 0) is 61.8 Å². The van der Waals surface area contributed by atoms with Gasteiger partial charge < -0.3 is 20.3 Å². The number of anilines is 1. The third-order valence-electron chi connectivity index (χ3n) is 7.31. The van der Waals surface area contributed by atoms with Gasteiger partial charge in [0.25, 0.3) is 0 Å². The van der Waals surface area contributed by atoms with Crippen molar-refractivity contribution in [3.8, 4) is 0 Å². The number of ether oxygens (including phenoxy) is 1. The Bertz CT molecular complexity index is 808. The quantitative estimate of drug-likeness (QED) is 0.731. The first kappa shape index (κ1) is 22.4. The van der Waals surface area contributed by atoms with Gasteiger partial charge in [0.1, 0.15) is 0 Å². The maximum atomic E-state index is 13.7. The Kier molecular flexibility index (Phi) is 6.23. The molecule has 0 spiro atoms. The first-order chi connectivity index (χ1) is 14.7. The lowest BCUT2D eigenvalue weighted by Crippen LogP contribution is -2.49. The number of carbonyl (C=O) groups excluding carboxylic acids is 1. The molecule has 0 unspecified atom stereocenters. The van der Waals surface area contributed by atoms with Gasteiger partial charge in [-0.3, -0.25) is 4.79 Å². The maximum Gasteiger partial charge on any atom is 0.416 e.